The van der Waals surface area contributed by atoms with Crippen LogP contribution in [0.4, 0.5) is 14.5 Å². The molecule has 1 atom stereocenters. The average molecular weight is 473 g/mol. The predicted octanol–water partition coefficient (Wildman–Crippen LogP) is 4.67. The molecular weight excluding hydrogens is 452 g/mol. The predicted molar refractivity (Wildman–Crippen MR) is 128 cm³/mol. The summed E-state index contributed by atoms with van der Waals surface area (Å²) in [4.78, 5) is 26.7. The maximum absolute atomic E-state index is 14.6. The largest absolute Gasteiger partial charge is 0.491 e. The van der Waals surface area contributed by atoms with Crippen LogP contribution in [0, 0.1) is 25.1 Å². The third kappa shape index (κ3) is 3.92. The highest BCUT2D eigenvalue weighted by Gasteiger charge is 2.26. The minimum absolute atomic E-state index is 0.00821. The van der Waals surface area contributed by atoms with Crippen LogP contribution in [-0.4, -0.2) is 34.7 Å². The molecule has 1 unspecified atom stereocenters. The maximum atomic E-state index is 14.6. The van der Waals surface area contributed by atoms with E-state index in [9.17, 15) is 13.6 Å². The number of aryl methyl sites for hydroxylation is 1. The number of pyridine rings is 1. The van der Waals surface area contributed by atoms with Crippen LogP contribution < -0.4 is 15.6 Å². The molecule has 5 rings (SSSR count). The Hall–Kier alpha value is -4.16. The Morgan fingerprint density at radius 3 is 2.57 bits per heavy atom. The Kier molecular flexibility index (Phi) is 5.75. The zero-order valence-corrected chi connectivity index (χ0v) is 19.1. The van der Waals surface area contributed by atoms with Gasteiger partial charge in [-0.2, -0.15) is 0 Å². The van der Waals surface area contributed by atoms with Crippen LogP contribution in [0.2, 0.25) is 0 Å². The van der Waals surface area contributed by atoms with E-state index in [2.05, 4.69) is 15.1 Å². The number of benzene rings is 2. The molecular formula is C26H21F2N5O2. The highest BCUT2D eigenvalue weighted by atomic mass is 19.1. The number of fused-ring (bicyclic) bond motifs is 1. The fraction of sp³-hybridized carbons (Fsp3) is 0.231. The molecule has 1 aliphatic rings. The van der Waals surface area contributed by atoms with E-state index in [-0.39, 0.29) is 22.7 Å². The Morgan fingerprint density at radius 2 is 1.97 bits per heavy atom. The summed E-state index contributed by atoms with van der Waals surface area (Å²) in [5, 5.41) is 3.44. The van der Waals surface area contributed by atoms with Crippen LogP contribution in [0.25, 0.3) is 32.6 Å². The minimum atomic E-state index is -0.925. The first kappa shape index (κ1) is 22.6. The van der Waals surface area contributed by atoms with Crippen LogP contribution in [-0.2, 0) is 0 Å². The highest BCUT2D eigenvalue weighted by molar-refractivity contribution is 5.96. The molecule has 0 amide bonds. The first-order chi connectivity index (χ1) is 16.9. The van der Waals surface area contributed by atoms with Crippen molar-refractivity contribution in [1.29, 1.82) is 0 Å². The lowest BCUT2D eigenvalue weighted by atomic mass is 10.0. The third-order valence-corrected chi connectivity index (χ3v) is 6.21. The quantitative estimate of drug-likeness (QED) is 0.436. The molecule has 1 N–H and O–H groups in total. The molecule has 1 fully saturated rings. The monoisotopic (exact) mass is 473 g/mol. The van der Waals surface area contributed by atoms with E-state index in [0.29, 0.717) is 35.4 Å². The van der Waals surface area contributed by atoms with Gasteiger partial charge in [0.1, 0.15) is 5.82 Å². The molecule has 1 saturated heterocycles. The summed E-state index contributed by atoms with van der Waals surface area (Å²) in [6, 6.07) is 8.98. The number of hydrogen-bond donors (Lipinski definition) is 1. The van der Waals surface area contributed by atoms with Gasteiger partial charge in [0.2, 0.25) is 0 Å². The minimum Gasteiger partial charge on any atom is -0.491 e. The summed E-state index contributed by atoms with van der Waals surface area (Å²) in [6.45, 7) is 10.7. The zero-order valence-electron chi connectivity index (χ0n) is 19.1. The molecule has 0 spiro atoms. The van der Waals surface area contributed by atoms with E-state index < -0.39 is 22.9 Å². The number of methoxy groups -OCH3 is 1. The number of aromatic nitrogens is 3. The molecule has 2 aromatic heterocycles. The number of nitrogens with zero attached hydrogens (tertiary/aromatic N) is 4. The smallest absolute Gasteiger partial charge is 0.264 e. The van der Waals surface area contributed by atoms with Gasteiger partial charge in [-0.1, -0.05) is 6.07 Å². The summed E-state index contributed by atoms with van der Waals surface area (Å²) < 4.78 is 35.3. The molecule has 0 aliphatic carbocycles. The Labute approximate surface area is 199 Å². The van der Waals surface area contributed by atoms with E-state index >= 15 is 0 Å². The van der Waals surface area contributed by atoms with Gasteiger partial charge < -0.3 is 10.1 Å². The second-order valence-corrected chi connectivity index (χ2v) is 8.43. The lowest BCUT2D eigenvalue weighted by Gasteiger charge is -2.19. The van der Waals surface area contributed by atoms with Crippen molar-refractivity contribution in [3.8, 4) is 22.6 Å². The Morgan fingerprint density at radius 1 is 1.20 bits per heavy atom. The molecule has 176 valence electrons. The fourth-order valence-electron chi connectivity index (χ4n) is 4.47. The average Bonchev–Trinajstić information content (AvgIpc) is 3.39. The van der Waals surface area contributed by atoms with Crippen molar-refractivity contribution in [2.75, 3.05) is 20.2 Å². The lowest BCUT2D eigenvalue weighted by molar-refractivity contribution is 0.359. The zero-order chi connectivity index (χ0) is 24.7. The van der Waals surface area contributed by atoms with Crippen LogP contribution in [0.15, 0.2) is 47.4 Å². The summed E-state index contributed by atoms with van der Waals surface area (Å²) >= 11 is 0. The van der Waals surface area contributed by atoms with E-state index in [1.165, 1.54) is 17.7 Å². The SMILES string of the molecule is [C-]#[N+]c1cc(-c2ccc(C)nc2)c2nc(C3CCNC3)n(-c3cc(F)c(OC)c(F)c3)c(=O)c2c1. The van der Waals surface area contributed by atoms with Gasteiger partial charge in [-0.25, -0.2) is 18.6 Å². The van der Waals surface area contributed by atoms with Gasteiger partial charge in [-0.15, -0.1) is 0 Å². The number of ether oxygens (including phenoxy) is 1. The van der Waals surface area contributed by atoms with Crippen molar-refractivity contribution < 1.29 is 13.5 Å². The van der Waals surface area contributed by atoms with Crippen LogP contribution in [0.3, 0.4) is 0 Å². The van der Waals surface area contributed by atoms with Gasteiger partial charge in [-0.3, -0.25) is 14.3 Å². The van der Waals surface area contributed by atoms with Gasteiger partial charge in [-0.05, 0) is 43.7 Å². The summed E-state index contributed by atoms with van der Waals surface area (Å²) in [5.41, 5.74) is 2.32. The Bertz CT molecular complexity index is 1530. The first-order valence-corrected chi connectivity index (χ1v) is 11.1. The van der Waals surface area contributed by atoms with Gasteiger partial charge >= 0.3 is 0 Å². The van der Waals surface area contributed by atoms with E-state index in [1.807, 2.05) is 19.1 Å². The molecule has 7 nitrogen and oxygen atoms in total. The van der Waals surface area contributed by atoms with Crippen LogP contribution >= 0.6 is 0 Å². The maximum Gasteiger partial charge on any atom is 0.264 e. The van der Waals surface area contributed by atoms with Crippen molar-refractivity contribution in [2.45, 2.75) is 19.3 Å². The lowest BCUT2D eigenvalue weighted by Crippen LogP contribution is -2.27. The molecule has 9 heteroatoms. The molecule has 0 saturated carbocycles. The van der Waals surface area contributed by atoms with Crippen molar-refractivity contribution in [3.05, 3.63) is 87.5 Å². The molecule has 4 aromatic rings. The molecule has 3 heterocycles. The molecule has 2 aromatic carbocycles. The first-order valence-electron chi connectivity index (χ1n) is 11.1. The van der Waals surface area contributed by atoms with Crippen LogP contribution in [0.1, 0.15) is 23.9 Å². The van der Waals surface area contributed by atoms with E-state index in [1.54, 1.807) is 12.3 Å². The summed E-state index contributed by atoms with van der Waals surface area (Å²) in [5.74, 6) is -2.13. The van der Waals surface area contributed by atoms with Crippen molar-refractivity contribution >= 4 is 16.6 Å². The van der Waals surface area contributed by atoms with E-state index in [4.69, 9.17) is 16.3 Å². The number of halogens is 2. The second kappa shape index (κ2) is 8.89. The third-order valence-electron chi connectivity index (χ3n) is 6.21. The molecule has 0 radical (unpaired) electrons. The molecule has 35 heavy (non-hydrogen) atoms. The van der Waals surface area contributed by atoms with Gasteiger partial charge in [0.05, 0.1) is 30.3 Å². The van der Waals surface area contributed by atoms with E-state index in [0.717, 1.165) is 24.4 Å². The van der Waals surface area contributed by atoms with Crippen molar-refractivity contribution in [3.63, 3.8) is 0 Å². The topological polar surface area (TPSA) is 73.4 Å². The Balaban J connectivity index is 1.87. The highest BCUT2D eigenvalue weighted by Crippen LogP contribution is 2.34. The van der Waals surface area contributed by atoms with Crippen LogP contribution in [0.5, 0.6) is 5.75 Å². The van der Waals surface area contributed by atoms with Crippen molar-refractivity contribution in [2.24, 2.45) is 0 Å². The fourth-order valence-corrected chi connectivity index (χ4v) is 4.47. The van der Waals surface area contributed by atoms with Gasteiger partial charge in [0.15, 0.2) is 23.1 Å². The van der Waals surface area contributed by atoms with Gasteiger partial charge in [0.25, 0.3) is 5.56 Å². The number of hydrogen-bond acceptors (Lipinski definition) is 5. The standard InChI is InChI=1S/C26H21F2N5O2/c1-14-4-5-15(13-31-14)19-8-17(29-2)9-20-23(19)32-25(16-6-7-30-12-16)33(26(20)34)18-10-21(27)24(35-3)22(28)11-18/h4-5,8-11,13,16,30H,6-7,12H2,1,3H3. The molecule has 1 aliphatic heterocycles. The summed E-state index contributed by atoms with van der Waals surface area (Å²) in [7, 11) is 1.17. The van der Waals surface area contributed by atoms with Crippen molar-refractivity contribution in [1.82, 2.24) is 19.9 Å². The van der Waals surface area contributed by atoms with Gasteiger partial charge in [0, 0.05) is 42.0 Å². The normalized spacial score (nSPS) is 15.3. The molecule has 0 bridgehead atoms. The number of nitrogens with one attached hydrogen (secondary N) is 1. The summed E-state index contributed by atoms with van der Waals surface area (Å²) in [6.07, 6.45) is 2.39. The second-order valence-electron chi connectivity index (χ2n) is 8.43. The number of rotatable bonds is 4.